The highest BCUT2D eigenvalue weighted by molar-refractivity contribution is 5.98. The summed E-state index contributed by atoms with van der Waals surface area (Å²) in [5.41, 5.74) is 1.15. The minimum atomic E-state index is -0.300. The second kappa shape index (κ2) is 6.51. The van der Waals surface area contributed by atoms with Crippen molar-refractivity contribution < 1.29 is 9.90 Å². The summed E-state index contributed by atoms with van der Waals surface area (Å²) in [4.78, 5) is 28.6. The van der Waals surface area contributed by atoms with Crippen LogP contribution in [-0.4, -0.2) is 52.3 Å². The number of nitrogens with zero attached hydrogens (tertiary/aromatic N) is 3. The molecule has 1 amide bonds. The van der Waals surface area contributed by atoms with E-state index in [4.69, 9.17) is 0 Å². The van der Waals surface area contributed by atoms with Gasteiger partial charge in [0.15, 0.2) is 0 Å². The van der Waals surface area contributed by atoms with E-state index in [1.165, 1.54) is 0 Å². The topological polar surface area (TPSA) is 89.5 Å². The Morgan fingerprint density at radius 2 is 1.88 bits per heavy atom. The van der Waals surface area contributed by atoms with Crippen LogP contribution >= 0.6 is 0 Å². The van der Waals surface area contributed by atoms with E-state index in [0.29, 0.717) is 42.5 Å². The average Bonchev–Trinajstić information content (AvgIpc) is 2.68. The van der Waals surface area contributed by atoms with Gasteiger partial charge >= 0.3 is 0 Å². The summed E-state index contributed by atoms with van der Waals surface area (Å²) < 4.78 is 0. The summed E-state index contributed by atoms with van der Waals surface area (Å²) in [6, 6.07) is 12.2. The lowest BCUT2D eigenvalue weighted by Gasteiger charge is -2.36. The summed E-state index contributed by atoms with van der Waals surface area (Å²) >= 11 is 0. The van der Waals surface area contributed by atoms with Crippen molar-refractivity contribution in [2.45, 2.75) is 0 Å². The number of aromatic amines is 1. The molecule has 26 heavy (non-hydrogen) atoms. The number of hydrogen-bond acceptors (Lipinski definition) is 5. The molecular weight excluding hydrogens is 332 g/mol. The first-order chi connectivity index (χ1) is 12.6. The Hall–Kier alpha value is -3.35. The second-order valence-corrected chi connectivity index (χ2v) is 6.30. The summed E-state index contributed by atoms with van der Waals surface area (Å²) in [6.45, 7) is 2.54. The molecule has 1 aliphatic rings. The van der Waals surface area contributed by atoms with Gasteiger partial charge in [-0.25, -0.2) is 5.10 Å². The molecule has 1 saturated heterocycles. The number of aromatic hydroxyl groups is 1. The fraction of sp³-hybridized carbons (Fsp3) is 0.211. The van der Waals surface area contributed by atoms with Gasteiger partial charge < -0.3 is 14.9 Å². The number of phenolic OH excluding ortho intramolecular Hbond substituents is 1. The van der Waals surface area contributed by atoms with Gasteiger partial charge in [-0.05, 0) is 24.3 Å². The Labute approximate surface area is 149 Å². The number of carbonyl (C=O) groups excluding carboxylic acids is 1. The molecule has 1 aromatic heterocycles. The molecule has 2 heterocycles. The minimum absolute atomic E-state index is 0.0846. The highest BCUT2D eigenvalue weighted by Crippen LogP contribution is 2.22. The first kappa shape index (κ1) is 16.1. The first-order valence-electron chi connectivity index (χ1n) is 8.42. The highest BCUT2D eigenvalue weighted by Gasteiger charge is 2.22. The SMILES string of the molecule is O=C(c1ccc2cn[nH]c(=O)c2c1)N1CCN(c2cccc(O)c2)CC1. The molecule has 0 radical (unpaired) electrons. The minimum Gasteiger partial charge on any atom is -0.508 e. The van der Waals surface area contributed by atoms with Crippen molar-refractivity contribution in [2.24, 2.45) is 0 Å². The Morgan fingerprint density at radius 3 is 2.65 bits per heavy atom. The predicted molar refractivity (Wildman–Crippen MR) is 98.6 cm³/mol. The van der Waals surface area contributed by atoms with Gasteiger partial charge in [-0.1, -0.05) is 12.1 Å². The van der Waals surface area contributed by atoms with E-state index >= 15 is 0 Å². The molecule has 4 rings (SSSR count). The number of nitrogens with one attached hydrogen (secondary N) is 1. The molecule has 2 aromatic carbocycles. The van der Waals surface area contributed by atoms with Crippen LogP contribution in [0.4, 0.5) is 5.69 Å². The number of aromatic nitrogens is 2. The van der Waals surface area contributed by atoms with Crippen LogP contribution in [0.3, 0.4) is 0 Å². The van der Waals surface area contributed by atoms with E-state index in [0.717, 1.165) is 5.69 Å². The lowest BCUT2D eigenvalue weighted by atomic mass is 10.1. The van der Waals surface area contributed by atoms with E-state index in [1.807, 2.05) is 12.1 Å². The quantitative estimate of drug-likeness (QED) is 0.733. The molecule has 0 bridgehead atoms. The number of hydrogen-bond donors (Lipinski definition) is 2. The molecule has 1 aliphatic heterocycles. The van der Waals surface area contributed by atoms with Crippen LogP contribution in [0, 0.1) is 0 Å². The van der Waals surface area contributed by atoms with Crippen molar-refractivity contribution in [3.05, 3.63) is 64.6 Å². The molecular formula is C19H18N4O3. The molecule has 3 aromatic rings. The van der Waals surface area contributed by atoms with Crippen LogP contribution in [0.2, 0.25) is 0 Å². The largest absolute Gasteiger partial charge is 0.508 e. The maximum Gasteiger partial charge on any atom is 0.272 e. The van der Waals surface area contributed by atoms with Gasteiger partial charge in [-0.2, -0.15) is 5.10 Å². The molecule has 2 N–H and O–H groups in total. The number of rotatable bonds is 2. The number of carbonyl (C=O) groups is 1. The highest BCUT2D eigenvalue weighted by atomic mass is 16.3. The molecule has 0 aliphatic carbocycles. The molecule has 0 atom stereocenters. The zero-order valence-corrected chi connectivity index (χ0v) is 14.1. The number of anilines is 1. The standard InChI is InChI=1S/C19H18N4O3/c24-16-3-1-2-15(11-16)22-6-8-23(9-7-22)19(26)13-4-5-14-12-20-21-18(25)17(14)10-13/h1-5,10-12,24H,6-9H2,(H,21,25). The van der Waals surface area contributed by atoms with Gasteiger partial charge in [0.25, 0.3) is 11.5 Å². The van der Waals surface area contributed by atoms with Crippen molar-refractivity contribution in [2.75, 3.05) is 31.1 Å². The fourth-order valence-corrected chi connectivity index (χ4v) is 3.26. The lowest BCUT2D eigenvalue weighted by Crippen LogP contribution is -2.48. The van der Waals surface area contributed by atoms with Crippen LogP contribution in [0.1, 0.15) is 10.4 Å². The van der Waals surface area contributed by atoms with Gasteiger partial charge in [0.1, 0.15) is 5.75 Å². The van der Waals surface area contributed by atoms with Crippen molar-refractivity contribution in [1.82, 2.24) is 15.1 Å². The van der Waals surface area contributed by atoms with Crippen molar-refractivity contribution in [3.8, 4) is 5.75 Å². The molecule has 1 fully saturated rings. The third-order valence-electron chi connectivity index (χ3n) is 4.68. The molecule has 0 unspecified atom stereocenters. The van der Waals surface area contributed by atoms with E-state index in [9.17, 15) is 14.7 Å². The summed E-state index contributed by atoms with van der Waals surface area (Å²) in [6.07, 6.45) is 1.57. The number of H-pyrrole nitrogens is 1. The van der Waals surface area contributed by atoms with E-state index < -0.39 is 0 Å². The van der Waals surface area contributed by atoms with Crippen LogP contribution in [-0.2, 0) is 0 Å². The van der Waals surface area contributed by atoms with E-state index in [-0.39, 0.29) is 17.2 Å². The Kier molecular flexibility index (Phi) is 4.04. The summed E-state index contributed by atoms with van der Waals surface area (Å²) in [5.74, 6) is 0.149. The van der Waals surface area contributed by atoms with Crippen LogP contribution < -0.4 is 10.5 Å². The summed E-state index contributed by atoms with van der Waals surface area (Å²) in [7, 11) is 0. The molecule has 0 spiro atoms. The zero-order valence-electron chi connectivity index (χ0n) is 14.1. The summed E-state index contributed by atoms with van der Waals surface area (Å²) in [5, 5.41) is 16.9. The van der Waals surface area contributed by atoms with Crippen molar-refractivity contribution >= 4 is 22.4 Å². The monoisotopic (exact) mass is 350 g/mol. The van der Waals surface area contributed by atoms with Crippen LogP contribution in [0.5, 0.6) is 5.75 Å². The van der Waals surface area contributed by atoms with Crippen molar-refractivity contribution in [3.63, 3.8) is 0 Å². The Bertz CT molecular complexity index is 1020. The Balaban J connectivity index is 1.50. The fourth-order valence-electron chi connectivity index (χ4n) is 3.26. The maximum atomic E-state index is 12.8. The van der Waals surface area contributed by atoms with Gasteiger partial charge in [-0.15, -0.1) is 0 Å². The first-order valence-corrected chi connectivity index (χ1v) is 8.42. The van der Waals surface area contributed by atoms with Gasteiger partial charge in [0.05, 0.1) is 11.6 Å². The number of piperazine rings is 1. The van der Waals surface area contributed by atoms with Crippen molar-refractivity contribution in [1.29, 1.82) is 0 Å². The molecule has 132 valence electrons. The van der Waals surface area contributed by atoms with Gasteiger partial charge in [0, 0.05) is 48.9 Å². The lowest BCUT2D eigenvalue weighted by molar-refractivity contribution is 0.0747. The van der Waals surface area contributed by atoms with E-state index in [2.05, 4.69) is 15.1 Å². The predicted octanol–water partition coefficient (Wildman–Crippen LogP) is 1.59. The smallest absolute Gasteiger partial charge is 0.272 e. The normalized spacial score (nSPS) is 14.6. The maximum absolute atomic E-state index is 12.8. The third-order valence-corrected chi connectivity index (χ3v) is 4.68. The van der Waals surface area contributed by atoms with Gasteiger partial charge in [0.2, 0.25) is 0 Å². The number of fused-ring (bicyclic) bond motifs is 1. The molecule has 0 saturated carbocycles. The second-order valence-electron chi connectivity index (χ2n) is 6.30. The molecule has 7 nitrogen and oxygen atoms in total. The van der Waals surface area contributed by atoms with Crippen LogP contribution in [0.15, 0.2) is 53.5 Å². The average molecular weight is 350 g/mol. The third kappa shape index (κ3) is 2.99. The van der Waals surface area contributed by atoms with E-state index in [1.54, 1.807) is 41.4 Å². The zero-order chi connectivity index (χ0) is 18.1. The van der Waals surface area contributed by atoms with Gasteiger partial charge in [-0.3, -0.25) is 9.59 Å². The van der Waals surface area contributed by atoms with Crippen LogP contribution in [0.25, 0.3) is 10.8 Å². The number of benzene rings is 2. The number of amides is 1. The molecule has 7 heteroatoms. The Morgan fingerprint density at radius 1 is 1.08 bits per heavy atom. The number of phenols is 1.